The van der Waals surface area contributed by atoms with Gasteiger partial charge in [-0.25, -0.2) is 4.79 Å². The number of hydrogen-bond acceptors (Lipinski definition) is 6. The van der Waals surface area contributed by atoms with Crippen LogP contribution in [0.4, 0.5) is 4.79 Å². The largest absolute Gasteiger partial charge is 0.489 e. The lowest BCUT2D eigenvalue weighted by atomic mass is 10.1. The van der Waals surface area contributed by atoms with Crippen molar-refractivity contribution in [2.75, 3.05) is 6.61 Å². The van der Waals surface area contributed by atoms with Crippen molar-refractivity contribution >= 4 is 6.09 Å². The maximum Gasteiger partial charge on any atom is 0.404 e. The first kappa shape index (κ1) is 16.4. The predicted octanol–water partition coefficient (Wildman–Crippen LogP) is 1.94. The summed E-state index contributed by atoms with van der Waals surface area (Å²) in [5.41, 5.74) is 6.97. The standard InChI is InChI=1S/C17H17N5O3/c18-17(23)25-11-16(22-20-12-19-21-22)14-6-8-15(9-7-14)24-10-13-4-2-1-3-5-13/h1-9,12,16H,10-11H2,(H2,18,23). The highest BCUT2D eigenvalue weighted by molar-refractivity contribution is 5.64. The Morgan fingerprint density at radius 3 is 2.52 bits per heavy atom. The van der Waals surface area contributed by atoms with Crippen LogP contribution >= 0.6 is 0 Å². The van der Waals surface area contributed by atoms with Crippen molar-refractivity contribution in [2.45, 2.75) is 12.6 Å². The van der Waals surface area contributed by atoms with Crippen LogP contribution in [0.25, 0.3) is 0 Å². The van der Waals surface area contributed by atoms with Crippen molar-refractivity contribution in [1.82, 2.24) is 20.2 Å². The third-order valence-corrected chi connectivity index (χ3v) is 3.54. The van der Waals surface area contributed by atoms with Crippen molar-refractivity contribution < 1.29 is 14.3 Å². The first-order chi connectivity index (χ1) is 12.2. The highest BCUT2D eigenvalue weighted by Gasteiger charge is 2.18. The molecule has 8 heteroatoms. The van der Waals surface area contributed by atoms with Crippen molar-refractivity contribution in [2.24, 2.45) is 5.73 Å². The molecule has 3 rings (SSSR count). The number of tetrazole rings is 1. The summed E-state index contributed by atoms with van der Waals surface area (Å²) in [7, 11) is 0. The molecule has 1 unspecified atom stereocenters. The van der Waals surface area contributed by atoms with Gasteiger partial charge in [0.2, 0.25) is 0 Å². The molecule has 128 valence electrons. The summed E-state index contributed by atoms with van der Waals surface area (Å²) >= 11 is 0. The lowest BCUT2D eigenvalue weighted by Gasteiger charge is -2.16. The van der Waals surface area contributed by atoms with E-state index in [9.17, 15) is 4.79 Å². The average molecular weight is 339 g/mol. The Balaban J connectivity index is 1.69. The van der Waals surface area contributed by atoms with Gasteiger partial charge in [0.25, 0.3) is 0 Å². The van der Waals surface area contributed by atoms with Gasteiger partial charge in [-0.2, -0.15) is 4.80 Å². The van der Waals surface area contributed by atoms with Crippen LogP contribution in [-0.4, -0.2) is 32.9 Å². The van der Waals surface area contributed by atoms with Crippen LogP contribution < -0.4 is 10.5 Å². The molecule has 2 aromatic carbocycles. The summed E-state index contributed by atoms with van der Waals surface area (Å²) in [4.78, 5) is 12.3. The summed E-state index contributed by atoms with van der Waals surface area (Å²) in [6.45, 7) is 0.495. The summed E-state index contributed by atoms with van der Waals surface area (Å²) in [5, 5.41) is 11.5. The number of benzene rings is 2. The van der Waals surface area contributed by atoms with E-state index < -0.39 is 12.1 Å². The molecule has 0 aliphatic rings. The predicted molar refractivity (Wildman–Crippen MR) is 88.7 cm³/mol. The summed E-state index contributed by atoms with van der Waals surface area (Å²) < 4.78 is 10.7. The molecular weight excluding hydrogens is 322 g/mol. The quantitative estimate of drug-likeness (QED) is 0.705. The molecule has 0 saturated carbocycles. The number of carbonyl (C=O) groups excluding carboxylic acids is 1. The van der Waals surface area contributed by atoms with Gasteiger partial charge in [0.15, 0.2) is 6.33 Å². The van der Waals surface area contributed by atoms with Crippen molar-refractivity contribution in [3.05, 3.63) is 72.1 Å². The van der Waals surface area contributed by atoms with Crippen molar-refractivity contribution in [1.29, 1.82) is 0 Å². The summed E-state index contributed by atoms with van der Waals surface area (Å²) in [6.07, 6.45) is 0.460. The molecule has 0 radical (unpaired) electrons. The van der Waals surface area contributed by atoms with Gasteiger partial charge in [0.05, 0.1) is 0 Å². The SMILES string of the molecule is NC(=O)OCC(c1ccc(OCc2ccccc2)cc1)n1ncnn1. The second-order valence-electron chi connectivity index (χ2n) is 5.25. The van der Waals surface area contributed by atoms with Gasteiger partial charge in [-0.15, -0.1) is 10.2 Å². The molecule has 0 aliphatic carbocycles. The fourth-order valence-corrected chi connectivity index (χ4v) is 2.30. The molecule has 25 heavy (non-hydrogen) atoms. The molecule has 3 aromatic rings. The van der Waals surface area contributed by atoms with E-state index in [4.69, 9.17) is 15.2 Å². The third kappa shape index (κ3) is 4.54. The average Bonchev–Trinajstić information content (AvgIpc) is 3.16. The number of rotatable bonds is 7. The molecule has 1 atom stereocenters. The smallest absolute Gasteiger partial charge is 0.404 e. The molecule has 1 heterocycles. The molecule has 8 nitrogen and oxygen atoms in total. The fourth-order valence-electron chi connectivity index (χ4n) is 2.30. The number of amides is 1. The molecule has 0 bridgehead atoms. The van der Waals surface area contributed by atoms with Gasteiger partial charge in [0.1, 0.15) is 25.0 Å². The van der Waals surface area contributed by atoms with Gasteiger partial charge >= 0.3 is 6.09 Å². The molecule has 0 aliphatic heterocycles. The normalized spacial score (nSPS) is 11.7. The van der Waals surface area contributed by atoms with Crippen LogP contribution in [0.2, 0.25) is 0 Å². The van der Waals surface area contributed by atoms with Crippen LogP contribution in [0.15, 0.2) is 60.9 Å². The Kier molecular flexibility index (Phi) is 5.20. The minimum Gasteiger partial charge on any atom is -0.489 e. The van der Waals surface area contributed by atoms with E-state index in [0.717, 1.165) is 16.9 Å². The Morgan fingerprint density at radius 2 is 1.88 bits per heavy atom. The number of nitrogens with zero attached hydrogens (tertiary/aromatic N) is 4. The maximum absolute atomic E-state index is 10.9. The molecule has 1 aromatic heterocycles. The van der Waals surface area contributed by atoms with E-state index in [1.807, 2.05) is 54.6 Å². The van der Waals surface area contributed by atoms with Crippen molar-refractivity contribution in [3.63, 3.8) is 0 Å². The molecule has 2 N–H and O–H groups in total. The first-order valence-corrected chi connectivity index (χ1v) is 7.64. The van der Waals surface area contributed by atoms with Crippen LogP contribution in [0.5, 0.6) is 5.75 Å². The molecule has 0 spiro atoms. The Hall–Kier alpha value is -3.42. The number of aromatic nitrogens is 4. The summed E-state index contributed by atoms with van der Waals surface area (Å²) in [5.74, 6) is 0.730. The highest BCUT2D eigenvalue weighted by atomic mass is 16.5. The van der Waals surface area contributed by atoms with Gasteiger partial charge in [-0.3, -0.25) is 0 Å². The first-order valence-electron chi connectivity index (χ1n) is 7.64. The molecular formula is C17H17N5O3. The van der Waals surface area contributed by atoms with Crippen LogP contribution in [0.1, 0.15) is 17.2 Å². The Labute approximate surface area is 144 Å². The van der Waals surface area contributed by atoms with Crippen LogP contribution in [-0.2, 0) is 11.3 Å². The zero-order valence-electron chi connectivity index (χ0n) is 13.4. The number of primary amides is 1. The maximum atomic E-state index is 10.9. The van der Waals surface area contributed by atoms with Gasteiger partial charge in [-0.05, 0) is 28.5 Å². The molecule has 0 saturated heterocycles. The number of carbonyl (C=O) groups is 1. The van der Waals surface area contributed by atoms with E-state index in [1.54, 1.807) is 0 Å². The monoisotopic (exact) mass is 339 g/mol. The van der Waals surface area contributed by atoms with E-state index >= 15 is 0 Å². The summed E-state index contributed by atoms with van der Waals surface area (Å²) in [6, 6.07) is 16.9. The zero-order valence-corrected chi connectivity index (χ0v) is 13.4. The van der Waals surface area contributed by atoms with E-state index in [1.165, 1.54) is 11.1 Å². The minimum absolute atomic E-state index is 0.00983. The molecule has 1 amide bonds. The number of ether oxygens (including phenoxy) is 2. The lowest BCUT2D eigenvalue weighted by molar-refractivity contribution is 0.139. The fraction of sp³-hybridized carbons (Fsp3) is 0.176. The van der Waals surface area contributed by atoms with Gasteiger partial charge in [0, 0.05) is 0 Å². The number of nitrogens with two attached hydrogens (primary N) is 1. The molecule has 0 fully saturated rings. The minimum atomic E-state index is -0.854. The Morgan fingerprint density at radius 1 is 1.12 bits per heavy atom. The van der Waals surface area contributed by atoms with E-state index in [-0.39, 0.29) is 6.61 Å². The van der Waals surface area contributed by atoms with Gasteiger partial charge < -0.3 is 15.2 Å². The van der Waals surface area contributed by atoms with E-state index in [2.05, 4.69) is 15.4 Å². The Bertz CT molecular complexity index is 791. The van der Waals surface area contributed by atoms with Gasteiger partial charge in [-0.1, -0.05) is 42.5 Å². The topological polar surface area (TPSA) is 105 Å². The lowest BCUT2D eigenvalue weighted by Crippen LogP contribution is -2.24. The van der Waals surface area contributed by atoms with Crippen LogP contribution in [0, 0.1) is 0 Å². The van der Waals surface area contributed by atoms with Crippen molar-refractivity contribution in [3.8, 4) is 5.75 Å². The number of hydrogen-bond donors (Lipinski definition) is 1. The van der Waals surface area contributed by atoms with E-state index in [0.29, 0.717) is 6.61 Å². The third-order valence-electron chi connectivity index (χ3n) is 3.54. The second-order valence-corrected chi connectivity index (χ2v) is 5.25. The second kappa shape index (κ2) is 7.91. The highest BCUT2D eigenvalue weighted by Crippen LogP contribution is 2.21. The zero-order chi connectivity index (χ0) is 17.5. The van der Waals surface area contributed by atoms with Crippen LogP contribution in [0.3, 0.4) is 0 Å².